The fourth-order valence-electron chi connectivity index (χ4n) is 10.1. The van der Waals surface area contributed by atoms with Crippen molar-refractivity contribution < 1.29 is 25.5 Å². The molecule has 54 heavy (non-hydrogen) atoms. The predicted molar refractivity (Wildman–Crippen MR) is 220 cm³/mol. The smallest absolute Gasteiger partial charge is 0.208 e. The molecule has 5 N–H and O–H groups in total. The lowest BCUT2D eigenvalue weighted by atomic mass is 9.70. The lowest BCUT2D eigenvalue weighted by Gasteiger charge is -2.34. The van der Waals surface area contributed by atoms with Gasteiger partial charge < -0.3 is 25.5 Å². The maximum absolute atomic E-state index is 11.0. The van der Waals surface area contributed by atoms with Gasteiger partial charge in [-0.2, -0.15) is 0 Å². The van der Waals surface area contributed by atoms with Crippen molar-refractivity contribution in [3.05, 3.63) is 124 Å². The molecule has 0 aromatic heterocycles. The summed E-state index contributed by atoms with van der Waals surface area (Å²) in [6.07, 6.45) is 13.8. The monoisotopic (exact) mass is 714 g/mol. The van der Waals surface area contributed by atoms with Gasteiger partial charge in [-0.3, -0.25) is 0 Å². The van der Waals surface area contributed by atoms with Gasteiger partial charge in [-0.05, 0) is 158 Å². The van der Waals surface area contributed by atoms with E-state index in [1.807, 2.05) is 30.3 Å². The predicted octanol–water partition coefficient (Wildman–Crippen LogP) is 12.0. The van der Waals surface area contributed by atoms with Crippen molar-refractivity contribution in [1.29, 1.82) is 0 Å². The second-order valence-electron chi connectivity index (χ2n) is 15.8. The zero-order valence-corrected chi connectivity index (χ0v) is 31.1. The Morgan fingerprint density at radius 1 is 0.519 bits per heavy atom. The molecule has 0 bridgehead atoms. The van der Waals surface area contributed by atoms with Gasteiger partial charge in [0.25, 0.3) is 0 Å². The Morgan fingerprint density at radius 2 is 1.09 bits per heavy atom. The molecular formula is C49H46O5. The Bertz CT molecular complexity index is 2580. The third-order valence-electron chi connectivity index (χ3n) is 12.6. The summed E-state index contributed by atoms with van der Waals surface area (Å²) < 4.78 is 0. The highest BCUT2D eigenvalue weighted by Gasteiger charge is 2.33. The molecule has 6 aromatic carbocycles. The fourth-order valence-corrected chi connectivity index (χ4v) is 10.1. The summed E-state index contributed by atoms with van der Waals surface area (Å²) in [6.45, 7) is 7.07. The van der Waals surface area contributed by atoms with Crippen LogP contribution in [0.15, 0.2) is 84.9 Å². The highest BCUT2D eigenvalue weighted by molar-refractivity contribution is 6.16. The van der Waals surface area contributed by atoms with Gasteiger partial charge in [0.05, 0.1) is 5.56 Å². The fraction of sp³-hybridized carbons (Fsp3) is 0.265. The average Bonchev–Trinajstić information content (AvgIpc) is 3.19. The number of hydrogen-bond acceptors (Lipinski definition) is 5. The first-order chi connectivity index (χ1) is 26.2. The van der Waals surface area contributed by atoms with Crippen molar-refractivity contribution in [3.63, 3.8) is 0 Å². The molecular weight excluding hydrogens is 669 g/mol. The molecule has 5 nitrogen and oxygen atoms in total. The van der Waals surface area contributed by atoms with Gasteiger partial charge in [-0.25, -0.2) is 0 Å². The van der Waals surface area contributed by atoms with Crippen LogP contribution < -0.4 is 0 Å². The first kappa shape index (κ1) is 34.1. The maximum Gasteiger partial charge on any atom is 0.208 e. The van der Waals surface area contributed by atoms with E-state index in [4.69, 9.17) is 0 Å². The van der Waals surface area contributed by atoms with Gasteiger partial charge in [-0.1, -0.05) is 98.8 Å². The van der Waals surface area contributed by atoms with Gasteiger partial charge in [0.1, 0.15) is 0 Å². The van der Waals surface area contributed by atoms with Crippen molar-refractivity contribution in [1.82, 2.24) is 0 Å². The van der Waals surface area contributed by atoms with E-state index >= 15 is 0 Å². The van der Waals surface area contributed by atoms with Crippen LogP contribution in [0.5, 0.6) is 28.7 Å². The quantitative estimate of drug-likeness (QED) is 0.0924. The summed E-state index contributed by atoms with van der Waals surface area (Å²) in [6, 6.07) is 25.3. The average molecular weight is 715 g/mol. The van der Waals surface area contributed by atoms with Gasteiger partial charge in [0.15, 0.2) is 11.5 Å². The largest absolute Gasteiger partial charge is 0.504 e. The molecule has 0 aliphatic heterocycles. The number of phenolic OH excluding ortho intramolecular Hbond substituents is 5. The van der Waals surface area contributed by atoms with Gasteiger partial charge in [0, 0.05) is 0 Å². The van der Waals surface area contributed by atoms with Gasteiger partial charge in [0.2, 0.25) is 17.2 Å². The molecule has 9 rings (SSSR count). The van der Waals surface area contributed by atoms with E-state index in [1.54, 1.807) is 5.56 Å². The van der Waals surface area contributed by atoms with E-state index in [2.05, 4.69) is 75.4 Å². The third-order valence-corrected chi connectivity index (χ3v) is 12.6. The minimum absolute atomic E-state index is 0.141. The minimum Gasteiger partial charge on any atom is -0.504 e. The Labute approximate surface area is 316 Å². The molecule has 272 valence electrons. The van der Waals surface area contributed by atoms with Crippen LogP contribution >= 0.6 is 0 Å². The van der Waals surface area contributed by atoms with Crippen LogP contribution in [0.4, 0.5) is 0 Å². The van der Waals surface area contributed by atoms with Crippen molar-refractivity contribution >= 4 is 32.7 Å². The van der Waals surface area contributed by atoms with E-state index in [1.165, 1.54) is 73.7 Å². The van der Waals surface area contributed by atoms with E-state index in [0.29, 0.717) is 17.4 Å². The standard InChI is InChI=1S/C49H46O5/c1-26-12-10-20-37(40(26)39-28(3)22-23-29-14-4-5-15-30(29)39)42-33-18-8-9-19-34(33)43(41-27(2)13-11-21-38(41)42)35-24-25-36(32-17-7-6-16-31(32)35)44-45(50)47(52)49(54)48(53)46(44)51/h6-10,16-20,22-27,50-54H,4-5,11-15,21H2,1-3H3/t26?,27-/m1/s1. The topological polar surface area (TPSA) is 101 Å². The van der Waals surface area contributed by atoms with Crippen LogP contribution in [-0.2, 0) is 19.3 Å². The number of aryl methyl sites for hydroxylation is 2. The van der Waals surface area contributed by atoms with Crippen LogP contribution in [0, 0.1) is 12.8 Å². The van der Waals surface area contributed by atoms with Crippen molar-refractivity contribution in [2.24, 2.45) is 5.92 Å². The molecule has 0 radical (unpaired) electrons. The molecule has 3 aliphatic carbocycles. The molecule has 0 amide bonds. The number of benzene rings is 6. The molecule has 5 heteroatoms. The zero-order chi connectivity index (χ0) is 37.4. The van der Waals surface area contributed by atoms with Gasteiger partial charge >= 0.3 is 0 Å². The van der Waals surface area contributed by atoms with Crippen molar-refractivity contribution in [2.45, 2.75) is 78.1 Å². The molecule has 6 aromatic rings. The van der Waals surface area contributed by atoms with Crippen LogP contribution in [0.3, 0.4) is 0 Å². The van der Waals surface area contributed by atoms with Crippen molar-refractivity contribution in [2.75, 3.05) is 0 Å². The Morgan fingerprint density at radius 3 is 1.78 bits per heavy atom. The molecule has 1 unspecified atom stereocenters. The number of fused-ring (bicyclic) bond motifs is 4. The van der Waals surface area contributed by atoms with Crippen molar-refractivity contribution in [3.8, 4) is 51.0 Å². The van der Waals surface area contributed by atoms with E-state index in [0.717, 1.165) is 54.9 Å². The number of allylic oxidation sites excluding steroid dienone is 4. The molecule has 0 spiro atoms. The summed E-state index contributed by atoms with van der Waals surface area (Å²) in [5.74, 6) is -3.44. The Balaban J connectivity index is 1.37. The van der Waals surface area contributed by atoms with E-state index in [9.17, 15) is 25.5 Å². The number of phenols is 5. The molecule has 3 aliphatic rings. The minimum atomic E-state index is -0.968. The highest BCUT2D eigenvalue weighted by atomic mass is 16.4. The molecule has 0 fully saturated rings. The second kappa shape index (κ2) is 13.0. The number of aromatic hydroxyl groups is 5. The first-order valence-corrected chi connectivity index (χ1v) is 19.5. The molecule has 0 saturated heterocycles. The SMILES string of the molecule is Cc1ccc2c(c1C1=C(c3c4c(c(-c5ccc(-c6c(O)c(O)c(O)c(O)c6O)c6ccccc56)c5ccccc35)[C@H](C)CCC4)C=CCC1C)CCCC2. The molecule has 0 saturated carbocycles. The summed E-state index contributed by atoms with van der Waals surface area (Å²) in [4.78, 5) is 0. The van der Waals surface area contributed by atoms with Gasteiger partial charge in [-0.15, -0.1) is 0 Å². The van der Waals surface area contributed by atoms with Crippen LogP contribution in [0.2, 0.25) is 0 Å². The zero-order valence-electron chi connectivity index (χ0n) is 31.1. The summed E-state index contributed by atoms with van der Waals surface area (Å²) >= 11 is 0. The molecule has 2 atom stereocenters. The van der Waals surface area contributed by atoms with E-state index in [-0.39, 0.29) is 5.56 Å². The Hall–Kier alpha value is -5.68. The summed E-state index contributed by atoms with van der Waals surface area (Å²) in [5, 5.41) is 57.1. The first-order valence-electron chi connectivity index (χ1n) is 19.5. The number of rotatable bonds is 4. The second-order valence-corrected chi connectivity index (χ2v) is 15.8. The lowest BCUT2D eigenvalue weighted by Crippen LogP contribution is -2.16. The third kappa shape index (κ3) is 5.05. The Kier molecular flexibility index (Phi) is 8.22. The number of hydrogen-bond donors (Lipinski definition) is 5. The summed E-state index contributed by atoms with van der Waals surface area (Å²) in [5.41, 5.74) is 15.5. The van der Waals surface area contributed by atoms with Crippen LogP contribution in [0.25, 0.3) is 54.9 Å². The summed E-state index contributed by atoms with van der Waals surface area (Å²) in [7, 11) is 0. The lowest BCUT2D eigenvalue weighted by molar-refractivity contribution is 0.330. The van der Waals surface area contributed by atoms with E-state index < -0.39 is 28.7 Å². The highest BCUT2D eigenvalue weighted by Crippen LogP contribution is 2.57. The normalized spacial score (nSPS) is 18.3. The molecule has 0 heterocycles. The van der Waals surface area contributed by atoms with Crippen LogP contribution in [0.1, 0.15) is 90.8 Å². The van der Waals surface area contributed by atoms with Crippen LogP contribution in [-0.4, -0.2) is 25.5 Å². The maximum atomic E-state index is 11.0.